The van der Waals surface area contributed by atoms with Crippen LogP contribution in [-0.2, 0) is 4.79 Å². The van der Waals surface area contributed by atoms with Crippen molar-refractivity contribution >= 4 is 21.8 Å². The molecule has 0 N–H and O–H groups in total. The Balaban J connectivity index is 2.62. The van der Waals surface area contributed by atoms with Crippen molar-refractivity contribution in [2.75, 3.05) is 5.33 Å². The maximum absolute atomic E-state index is 11.0. The van der Waals surface area contributed by atoms with Crippen molar-refractivity contribution in [3.05, 3.63) is 12.8 Å². The van der Waals surface area contributed by atoms with Gasteiger partial charge in [-0.1, -0.05) is 22.5 Å². The summed E-state index contributed by atoms with van der Waals surface area (Å²) in [6.45, 7) is 3.58. The molecular formula is C7H10BrNO. The fraction of sp³-hybridized carbons (Fsp3) is 0.571. The highest BCUT2D eigenvalue weighted by Gasteiger charge is 2.27. The zero-order chi connectivity index (χ0) is 7.56. The number of amides is 1. The third kappa shape index (κ3) is 1.24. The number of hydrogen-bond acceptors (Lipinski definition) is 1. The predicted octanol–water partition coefficient (Wildman–Crippen LogP) is 1.52. The largest absolute Gasteiger partial charge is 0.316 e. The average molecular weight is 204 g/mol. The summed E-state index contributed by atoms with van der Waals surface area (Å²) in [6, 6.07) is 0.338. The van der Waals surface area contributed by atoms with Crippen molar-refractivity contribution in [1.82, 2.24) is 4.90 Å². The maximum Gasteiger partial charge on any atom is 0.226 e. The molecule has 0 aliphatic carbocycles. The van der Waals surface area contributed by atoms with E-state index in [1.54, 1.807) is 11.1 Å². The van der Waals surface area contributed by atoms with Gasteiger partial charge < -0.3 is 4.90 Å². The van der Waals surface area contributed by atoms with Gasteiger partial charge in [-0.3, -0.25) is 4.79 Å². The number of halogens is 1. The van der Waals surface area contributed by atoms with Gasteiger partial charge in [0.1, 0.15) is 0 Å². The van der Waals surface area contributed by atoms with Crippen LogP contribution in [0.3, 0.4) is 0 Å². The molecule has 0 aromatic rings. The fourth-order valence-corrected chi connectivity index (χ4v) is 1.80. The Kier molecular flexibility index (Phi) is 2.49. The highest BCUT2D eigenvalue weighted by molar-refractivity contribution is 9.09. The minimum absolute atomic E-state index is 0.194. The van der Waals surface area contributed by atoms with Crippen LogP contribution >= 0.6 is 15.9 Å². The van der Waals surface area contributed by atoms with Gasteiger partial charge in [-0.2, -0.15) is 0 Å². The molecule has 0 saturated carbocycles. The molecule has 1 aliphatic heterocycles. The van der Waals surface area contributed by atoms with Crippen LogP contribution in [0.2, 0.25) is 0 Å². The van der Waals surface area contributed by atoms with E-state index in [1.165, 1.54) is 0 Å². The average Bonchev–Trinajstić information content (AvgIpc) is 2.30. The van der Waals surface area contributed by atoms with Gasteiger partial charge in [0.25, 0.3) is 0 Å². The second-order valence-corrected chi connectivity index (χ2v) is 2.98. The lowest BCUT2D eigenvalue weighted by Crippen LogP contribution is -2.28. The van der Waals surface area contributed by atoms with Crippen LogP contribution in [0.5, 0.6) is 0 Å². The number of carbonyl (C=O) groups is 1. The van der Waals surface area contributed by atoms with E-state index in [9.17, 15) is 4.79 Å². The highest BCUT2D eigenvalue weighted by atomic mass is 79.9. The quantitative estimate of drug-likeness (QED) is 0.624. The molecule has 1 amide bonds. The first-order valence-electron chi connectivity index (χ1n) is 3.29. The second-order valence-electron chi connectivity index (χ2n) is 2.33. The second kappa shape index (κ2) is 3.19. The fourth-order valence-electron chi connectivity index (χ4n) is 1.16. The maximum atomic E-state index is 11.0. The molecule has 1 rings (SSSR count). The Morgan fingerprint density at radius 2 is 2.60 bits per heavy atom. The molecule has 0 spiro atoms. The zero-order valence-electron chi connectivity index (χ0n) is 5.72. The number of hydrogen-bond donors (Lipinski definition) is 0. The molecule has 0 radical (unpaired) electrons. The van der Waals surface area contributed by atoms with E-state index in [4.69, 9.17) is 0 Å². The minimum Gasteiger partial charge on any atom is -0.316 e. The van der Waals surface area contributed by atoms with Crippen molar-refractivity contribution in [3.8, 4) is 0 Å². The van der Waals surface area contributed by atoms with Crippen LogP contribution in [0.25, 0.3) is 0 Å². The van der Waals surface area contributed by atoms with Crippen molar-refractivity contribution in [2.24, 2.45) is 0 Å². The molecule has 0 aromatic heterocycles. The number of likely N-dealkylation sites (tertiary alicyclic amines) is 1. The first kappa shape index (κ1) is 7.79. The van der Waals surface area contributed by atoms with Crippen molar-refractivity contribution in [3.63, 3.8) is 0 Å². The van der Waals surface area contributed by atoms with E-state index >= 15 is 0 Å². The Bertz CT molecular complexity index is 158. The Morgan fingerprint density at radius 1 is 1.90 bits per heavy atom. The van der Waals surface area contributed by atoms with E-state index < -0.39 is 0 Å². The number of carbonyl (C=O) groups excluding carboxylic acids is 1. The van der Waals surface area contributed by atoms with Gasteiger partial charge in [-0.05, 0) is 12.6 Å². The topological polar surface area (TPSA) is 20.3 Å². The van der Waals surface area contributed by atoms with E-state index in [0.717, 1.165) is 11.8 Å². The summed E-state index contributed by atoms with van der Waals surface area (Å²) < 4.78 is 0. The summed E-state index contributed by atoms with van der Waals surface area (Å²) in [4.78, 5) is 12.7. The summed E-state index contributed by atoms with van der Waals surface area (Å²) in [6.07, 6.45) is 3.24. The summed E-state index contributed by atoms with van der Waals surface area (Å²) >= 11 is 3.34. The van der Waals surface area contributed by atoms with Gasteiger partial charge in [-0.15, -0.1) is 0 Å². The molecule has 3 heteroatoms. The first-order valence-corrected chi connectivity index (χ1v) is 4.41. The van der Waals surface area contributed by atoms with Crippen LogP contribution in [0.1, 0.15) is 12.8 Å². The first-order chi connectivity index (χ1) is 4.79. The van der Waals surface area contributed by atoms with Crippen LogP contribution in [0.4, 0.5) is 0 Å². The predicted molar refractivity (Wildman–Crippen MR) is 43.9 cm³/mol. The highest BCUT2D eigenvalue weighted by Crippen LogP contribution is 2.19. The van der Waals surface area contributed by atoms with Gasteiger partial charge in [0.15, 0.2) is 0 Å². The van der Waals surface area contributed by atoms with E-state index in [-0.39, 0.29) is 5.91 Å². The lowest BCUT2D eigenvalue weighted by atomic mass is 10.2. The molecule has 1 aliphatic rings. The molecule has 1 heterocycles. The summed E-state index contributed by atoms with van der Waals surface area (Å²) in [5.74, 6) is 0.194. The molecule has 1 saturated heterocycles. The van der Waals surface area contributed by atoms with Gasteiger partial charge in [0.05, 0.1) is 0 Å². The van der Waals surface area contributed by atoms with Gasteiger partial charge >= 0.3 is 0 Å². The van der Waals surface area contributed by atoms with Gasteiger partial charge in [0.2, 0.25) is 5.91 Å². The van der Waals surface area contributed by atoms with E-state index in [2.05, 4.69) is 22.5 Å². The molecule has 0 bridgehead atoms. The number of alkyl halides is 1. The number of rotatable bonds is 2. The number of nitrogens with zero attached hydrogens (tertiary/aromatic N) is 1. The zero-order valence-corrected chi connectivity index (χ0v) is 7.30. The molecule has 10 heavy (non-hydrogen) atoms. The molecule has 56 valence electrons. The van der Waals surface area contributed by atoms with Gasteiger partial charge in [-0.25, -0.2) is 0 Å². The third-order valence-corrected chi connectivity index (χ3v) is 2.50. The van der Waals surface area contributed by atoms with Crippen LogP contribution in [-0.4, -0.2) is 22.2 Å². The molecule has 0 aromatic carbocycles. The van der Waals surface area contributed by atoms with Gasteiger partial charge in [0, 0.05) is 17.8 Å². The Morgan fingerprint density at radius 3 is 3.00 bits per heavy atom. The smallest absolute Gasteiger partial charge is 0.226 e. The summed E-state index contributed by atoms with van der Waals surface area (Å²) in [5.41, 5.74) is 0. The van der Waals surface area contributed by atoms with Crippen LogP contribution in [0.15, 0.2) is 12.8 Å². The lowest BCUT2D eigenvalue weighted by Gasteiger charge is -2.17. The Labute approximate surface area is 69.0 Å². The van der Waals surface area contributed by atoms with E-state index in [1.807, 2.05) is 0 Å². The standard InChI is InChI=1S/C7H10BrNO/c1-2-9-6(5-8)3-4-7(9)10/h2,6H,1,3-5H2/t6-/m0/s1. The van der Waals surface area contributed by atoms with E-state index in [0.29, 0.717) is 12.5 Å². The van der Waals surface area contributed by atoms with Crippen LogP contribution < -0.4 is 0 Å². The van der Waals surface area contributed by atoms with Crippen LogP contribution in [0, 0.1) is 0 Å². The molecule has 1 fully saturated rings. The molecular weight excluding hydrogens is 194 g/mol. The Hall–Kier alpha value is -0.310. The van der Waals surface area contributed by atoms with Crippen molar-refractivity contribution < 1.29 is 4.79 Å². The molecule has 2 nitrogen and oxygen atoms in total. The van der Waals surface area contributed by atoms with Crippen molar-refractivity contribution in [2.45, 2.75) is 18.9 Å². The monoisotopic (exact) mass is 203 g/mol. The summed E-state index contributed by atoms with van der Waals surface area (Å²) in [5, 5.41) is 0.852. The normalized spacial score (nSPS) is 25.5. The summed E-state index contributed by atoms with van der Waals surface area (Å²) in [7, 11) is 0. The molecule has 1 atom stereocenters. The molecule has 0 unspecified atom stereocenters. The third-order valence-electron chi connectivity index (χ3n) is 1.75. The minimum atomic E-state index is 0.194. The van der Waals surface area contributed by atoms with Crippen molar-refractivity contribution in [1.29, 1.82) is 0 Å². The SMILES string of the molecule is C=CN1C(=O)CC[C@H]1CBr. The lowest BCUT2D eigenvalue weighted by molar-refractivity contribution is -0.126.